The molecular weight excluding hydrogens is 252 g/mol. The maximum Gasteiger partial charge on any atom is 0.330 e. The maximum atomic E-state index is 11.8. The van der Waals surface area contributed by atoms with Gasteiger partial charge in [-0.3, -0.25) is 14.3 Å². The molecule has 0 spiro atoms. The van der Waals surface area contributed by atoms with E-state index in [1.165, 1.54) is 10.8 Å². The SMILES string of the molecule is Cc1cn([C@H]2C[C@H](CCO)[C@@H](CO)O2)c(=O)[nH]c1=O. The van der Waals surface area contributed by atoms with Crippen LogP contribution in [0.4, 0.5) is 0 Å². The number of hydrogen-bond acceptors (Lipinski definition) is 5. The molecule has 1 fully saturated rings. The van der Waals surface area contributed by atoms with Crippen molar-refractivity contribution in [1.82, 2.24) is 9.55 Å². The third kappa shape index (κ3) is 2.78. The Labute approximate surface area is 109 Å². The fourth-order valence-electron chi connectivity index (χ4n) is 2.42. The highest BCUT2D eigenvalue weighted by molar-refractivity contribution is 5.01. The minimum absolute atomic E-state index is 0.000802. The number of nitrogens with zero attached hydrogens (tertiary/aromatic N) is 1. The van der Waals surface area contributed by atoms with Crippen LogP contribution in [-0.2, 0) is 4.74 Å². The van der Waals surface area contributed by atoms with Gasteiger partial charge < -0.3 is 14.9 Å². The van der Waals surface area contributed by atoms with Gasteiger partial charge in [0.25, 0.3) is 5.56 Å². The predicted octanol–water partition coefficient (Wildman–Crippen LogP) is -0.877. The third-order valence-corrected chi connectivity index (χ3v) is 3.50. The van der Waals surface area contributed by atoms with Crippen LogP contribution in [0.15, 0.2) is 15.8 Å². The monoisotopic (exact) mass is 270 g/mol. The van der Waals surface area contributed by atoms with Crippen molar-refractivity contribution in [3.8, 4) is 0 Å². The molecule has 7 heteroatoms. The number of nitrogens with one attached hydrogen (secondary N) is 1. The van der Waals surface area contributed by atoms with Gasteiger partial charge in [0, 0.05) is 18.4 Å². The summed E-state index contributed by atoms with van der Waals surface area (Å²) < 4.78 is 6.95. The average molecular weight is 270 g/mol. The van der Waals surface area contributed by atoms with Crippen molar-refractivity contribution < 1.29 is 14.9 Å². The number of aliphatic hydroxyl groups is 2. The van der Waals surface area contributed by atoms with E-state index in [1.807, 2.05) is 0 Å². The summed E-state index contributed by atoms with van der Waals surface area (Å²) in [6.45, 7) is 1.47. The fourth-order valence-corrected chi connectivity index (χ4v) is 2.42. The molecule has 0 aromatic carbocycles. The summed E-state index contributed by atoms with van der Waals surface area (Å²) in [6.07, 6.45) is 1.59. The summed E-state index contributed by atoms with van der Waals surface area (Å²) in [6, 6.07) is 0. The van der Waals surface area contributed by atoms with E-state index in [0.29, 0.717) is 18.4 Å². The number of aromatic nitrogens is 2. The molecule has 1 aliphatic heterocycles. The van der Waals surface area contributed by atoms with Crippen LogP contribution in [0.1, 0.15) is 24.6 Å². The second kappa shape index (κ2) is 5.68. The van der Waals surface area contributed by atoms with E-state index >= 15 is 0 Å². The van der Waals surface area contributed by atoms with E-state index in [9.17, 15) is 14.7 Å². The molecule has 0 saturated carbocycles. The van der Waals surface area contributed by atoms with Gasteiger partial charge in [-0.25, -0.2) is 4.79 Å². The lowest BCUT2D eigenvalue weighted by Crippen LogP contribution is -2.33. The van der Waals surface area contributed by atoms with Crippen LogP contribution in [0.25, 0.3) is 0 Å². The van der Waals surface area contributed by atoms with Crippen LogP contribution in [0.2, 0.25) is 0 Å². The Kier molecular flexibility index (Phi) is 4.18. The number of hydrogen-bond donors (Lipinski definition) is 3. The number of rotatable bonds is 4. The van der Waals surface area contributed by atoms with Crippen LogP contribution in [0.5, 0.6) is 0 Å². The van der Waals surface area contributed by atoms with E-state index in [-0.39, 0.29) is 19.1 Å². The third-order valence-electron chi connectivity index (χ3n) is 3.50. The fraction of sp³-hybridized carbons (Fsp3) is 0.667. The van der Waals surface area contributed by atoms with Gasteiger partial charge in [0.15, 0.2) is 0 Å². The molecular formula is C12H18N2O5. The molecule has 19 heavy (non-hydrogen) atoms. The van der Waals surface area contributed by atoms with Gasteiger partial charge in [0.1, 0.15) is 6.23 Å². The lowest BCUT2D eigenvalue weighted by Gasteiger charge is -2.15. The molecule has 1 saturated heterocycles. The average Bonchev–Trinajstić information content (AvgIpc) is 2.77. The lowest BCUT2D eigenvalue weighted by atomic mass is 9.98. The molecule has 1 aromatic heterocycles. The standard InChI is InChI=1S/C12H18N2O5/c1-7-5-14(12(18)13-11(7)17)10-4-8(2-3-15)9(6-16)19-10/h5,8-10,15-16H,2-4,6H2,1H3,(H,13,17,18)/t8-,9+,10+/m0/s1. The Hall–Kier alpha value is -1.44. The summed E-state index contributed by atoms with van der Waals surface area (Å²) >= 11 is 0. The van der Waals surface area contributed by atoms with Crippen molar-refractivity contribution in [2.24, 2.45) is 5.92 Å². The molecule has 3 N–H and O–H groups in total. The molecule has 0 amide bonds. The van der Waals surface area contributed by atoms with Crippen molar-refractivity contribution in [1.29, 1.82) is 0 Å². The van der Waals surface area contributed by atoms with Crippen LogP contribution < -0.4 is 11.2 Å². The van der Waals surface area contributed by atoms with E-state index < -0.39 is 23.6 Å². The van der Waals surface area contributed by atoms with Gasteiger partial charge >= 0.3 is 5.69 Å². The predicted molar refractivity (Wildman–Crippen MR) is 66.9 cm³/mol. The molecule has 1 aliphatic rings. The van der Waals surface area contributed by atoms with Crippen LogP contribution in [-0.4, -0.2) is 39.1 Å². The Bertz CT molecular complexity index is 550. The van der Waals surface area contributed by atoms with Crippen LogP contribution in [0, 0.1) is 12.8 Å². The van der Waals surface area contributed by atoms with Gasteiger partial charge in [-0.05, 0) is 25.7 Å². The molecule has 0 unspecified atom stereocenters. The lowest BCUT2D eigenvalue weighted by molar-refractivity contribution is -0.0342. The van der Waals surface area contributed by atoms with Crippen molar-refractivity contribution in [3.63, 3.8) is 0 Å². The van der Waals surface area contributed by atoms with Crippen molar-refractivity contribution >= 4 is 0 Å². The summed E-state index contributed by atoms with van der Waals surface area (Å²) in [5.74, 6) is -0.000802. The number of aryl methyl sites for hydroxylation is 1. The van der Waals surface area contributed by atoms with Gasteiger partial charge in [0.2, 0.25) is 0 Å². The first-order valence-electron chi connectivity index (χ1n) is 6.26. The molecule has 0 aliphatic carbocycles. The van der Waals surface area contributed by atoms with Crippen molar-refractivity contribution in [3.05, 3.63) is 32.6 Å². The number of H-pyrrole nitrogens is 1. The van der Waals surface area contributed by atoms with Crippen molar-refractivity contribution in [2.75, 3.05) is 13.2 Å². The Morgan fingerprint density at radius 1 is 1.47 bits per heavy atom. The summed E-state index contributed by atoms with van der Waals surface area (Å²) in [7, 11) is 0. The molecule has 0 radical (unpaired) electrons. The zero-order valence-corrected chi connectivity index (χ0v) is 10.7. The molecule has 2 heterocycles. The second-order valence-electron chi connectivity index (χ2n) is 4.80. The molecule has 0 bridgehead atoms. The topological polar surface area (TPSA) is 105 Å². The van der Waals surface area contributed by atoms with Crippen LogP contribution >= 0.6 is 0 Å². The summed E-state index contributed by atoms with van der Waals surface area (Å²) in [5.41, 5.74) is -0.513. The number of aliphatic hydroxyl groups excluding tert-OH is 2. The molecule has 2 rings (SSSR count). The summed E-state index contributed by atoms with van der Waals surface area (Å²) in [4.78, 5) is 25.3. The van der Waals surface area contributed by atoms with E-state index in [2.05, 4.69) is 4.98 Å². The first-order valence-corrected chi connectivity index (χ1v) is 6.26. The van der Waals surface area contributed by atoms with Crippen LogP contribution in [0.3, 0.4) is 0 Å². The largest absolute Gasteiger partial charge is 0.396 e. The smallest absolute Gasteiger partial charge is 0.330 e. The highest BCUT2D eigenvalue weighted by atomic mass is 16.5. The molecule has 3 atom stereocenters. The number of aromatic amines is 1. The Morgan fingerprint density at radius 3 is 2.84 bits per heavy atom. The maximum absolute atomic E-state index is 11.8. The van der Waals surface area contributed by atoms with E-state index in [1.54, 1.807) is 6.92 Å². The highest BCUT2D eigenvalue weighted by Gasteiger charge is 2.35. The minimum Gasteiger partial charge on any atom is -0.396 e. The minimum atomic E-state index is -0.526. The highest BCUT2D eigenvalue weighted by Crippen LogP contribution is 2.34. The van der Waals surface area contributed by atoms with Gasteiger partial charge in [-0.1, -0.05) is 0 Å². The van der Waals surface area contributed by atoms with Gasteiger partial charge in [0.05, 0.1) is 12.7 Å². The van der Waals surface area contributed by atoms with Gasteiger partial charge in [-0.15, -0.1) is 0 Å². The Morgan fingerprint density at radius 2 is 2.21 bits per heavy atom. The quantitative estimate of drug-likeness (QED) is 0.659. The zero-order valence-electron chi connectivity index (χ0n) is 10.7. The first-order chi connectivity index (χ1) is 9.06. The molecule has 7 nitrogen and oxygen atoms in total. The summed E-state index contributed by atoms with van der Waals surface area (Å²) in [5, 5.41) is 18.2. The molecule has 1 aromatic rings. The van der Waals surface area contributed by atoms with Gasteiger partial charge in [-0.2, -0.15) is 0 Å². The second-order valence-corrected chi connectivity index (χ2v) is 4.80. The van der Waals surface area contributed by atoms with E-state index in [0.717, 1.165) is 0 Å². The van der Waals surface area contributed by atoms with E-state index in [4.69, 9.17) is 9.84 Å². The first kappa shape index (κ1) is 14.0. The molecule has 106 valence electrons. The van der Waals surface area contributed by atoms with Crippen molar-refractivity contribution in [2.45, 2.75) is 32.1 Å². The normalized spacial score (nSPS) is 26.8. The Balaban J connectivity index is 2.27. The number of ether oxygens (including phenoxy) is 1. The zero-order chi connectivity index (χ0) is 14.0.